The van der Waals surface area contributed by atoms with Gasteiger partial charge in [-0.2, -0.15) is 13.2 Å². The number of thiazole rings is 1. The van der Waals surface area contributed by atoms with Crippen molar-refractivity contribution in [3.8, 4) is 0 Å². The van der Waals surface area contributed by atoms with Crippen LogP contribution in [0.4, 0.5) is 13.2 Å². The number of guanidine groups is 1. The topological polar surface area (TPSA) is 58.5 Å². The van der Waals surface area contributed by atoms with Crippen molar-refractivity contribution in [2.24, 2.45) is 4.99 Å². The summed E-state index contributed by atoms with van der Waals surface area (Å²) in [4.78, 5) is 7.57. The number of methoxy groups -OCH3 is 1. The van der Waals surface area contributed by atoms with E-state index in [1.54, 1.807) is 14.2 Å². The number of nitrogens with zero attached hydrogens (tertiary/aromatic N) is 2. The third-order valence-corrected chi connectivity index (χ3v) is 3.64. The van der Waals surface area contributed by atoms with Crippen molar-refractivity contribution < 1.29 is 17.9 Å². The summed E-state index contributed by atoms with van der Waals surface area (Å²) in [6.07, 6.45) is -1.38. The van der Waals surface area contributed by atoms with E-state index in [0.717, 1.165) is 49.1 Å². The fourth-order valence-corrected chi connectivity index (χ4v) is 2.40. The maximum absolute atomic E-state index is 12.4. The van der Waals surface area contributed by atoms with Gasteiger partial charge < -0.3 is 15.4 Å². The summed E-state index contributed by atoms with van der Waals surface area (Å²) in [6.45, 7) is 1.71. The Kier molecular flexibility index (Phi) is 8.18. The monoisotopic (exact) mass is 338 g/mol. The molecule has 2 N–H and O–H groups in total. The van der Waals surface area contributed by atoms with Gasteiger partial charge in [0.2, 0.25) is 0 Å². The Balaban J connectivity index is 2.28. The lowest BCUT2D eigenvalue weighted by atomic mass is 10.2. The van der Waals surface area contributed by atoms with Crippen molar-refractivity contribution in [1.29, 1.82) is 0 Å². The Labute approximate surface area is 132 Å². The van der Waals surface area contributed by atoms with Crippen LogP contribution in [0.15, 0.2) is 10.4 Å². The van der Waals surface area contributed by atoms with Crippen molar-refractivity contribution in [2.45, 2.75) is 32.0 Å². The van der Waals surface area contributed by atoms with Gasteiger partial charge in [0.1, 0.15) is 5.01 Å². The van der Waals surface area contributed by atoms with Crippen LogP contribution in [0.5, 0.6) is 0 Å². The van der Waals surface area contributed by atoms with Crippen LogP contribution in [0, 0.1) is 0 Å². The second-order valence-corrected chi connectivity index (χ2v) is 5.47. The SMILES string of the molecule is CN=C(NCCCCCOC)NCc1nc(C(F)(F)F)cs1. The molecule has 0 radical (unpaired) electrons. The van der Waals surface area contributed by atoms with E-state index in [0.29, 0.717) is 11.0 Å². The van der Waals surface area contributed by atoms with Crippen LogP contribution in [-0.4, -0.2) is 38.3 Å². The van der Waals surface area contributed by atoms with Gasteiger partial charge in [-0.05, 0) is 19.3 Å². The summed E-state index contributed by atoms with van der Waals surface area (Å²) >= 11 is 0.976. The molecular formula is C13H21F3N4OS. The summed E-state index contributed by atoms with van der Waals surface area (Å²) in [5.74, 6) is 0.551. The highest BCUT2D eigenvalue weighted by Crippen LogP contribution is 2.29. The molecule has 0 aromatic carbocycles. The molecule has 22 heavy (non-hydrogen) atoms. The Hall–Kier alpha value is -1.35. The number of alkyl halides is 3. The summed E-state index contributed by atoms with van der Waals surface area (Å²) in [7, 11) is 3.29. The molecule has 1 heterocycles. The predicted octanol–water partition coefficient (Wildman–Crippen LogP) is 2.64. The van der Waals surface area contributed by atoms with Gasteiger partial charge in [-0.15, -0.1) is 11.3 Å². The zero-order valence-electron chi connectivity index (χ0n) is 12.7. The van der Waals surface area contributed by atoms with Crippen LogP contribution in [0.2, 0.25) is 0 Å². The molecule has 126 valence electrons. The molecule has 0 spiro atoms. The van der Waals surface area contributed by atoms with Gasteiger partial charge in [0.25, 0.3) is 0 Å². The highest BCUT2D eigenvalue weighted by atomic mass is 32.1. The first-order valence-corrected chi connectivity index (χ1v) is 7.80. The molecule has 0 saturated heterocycles. The van der Waals surface area contributed by atoms with Gasteiger partial charge in [0.15, 0.2) is 11.7 Å². The molecule has 0 aliphatic rings. The fourth-order valence-electron chi connectivity index (χ4n) is 1.66. The standard InChI is InChI=1S/C13H21F3N4OS/c1-17-12(18-6-4-3-5-7-21-2)19-8-11-20-10(9-22-11)13(14,15)16/h9H,3-8H2,1-2H3,(H2,17,18,19). The maximum Gasteiger partial charge on any atom is 0.434 e. The van der Waals surface area contributed by atoms with E-state index >= 15 is 0 Å². The number of hydrogen-bond acceptors (Lipinski definition) is 4. The minimum absolute atomic E-state index is 0.212. The van der Waals surface area contributed by atoms with E-state index in [4.69, 9.17) is 4.74 Å². The predicted molar refractivity (Wildman–Crippen MR) is 81.0 cm³/mol. The summed E-state index contributed by atoms with van der Waals surface area (Å²) in [6, 6.07) is 0. The lowest BCUT2D eigenvalue weighted by Crippen LogP contribution is -2.37. The number of nitrogens with one attached hydrogen (secondary N) is 2. The van der Waals surface area contributed by atoms with Gasteiger partial charge in [0, 0.05) is 32.7 Å². The van der Waals surface area contributed by atoms with Crippen molar-refractivity contribution in [1.82, 2.24) is 15.6 Å². The van der Waals surface area contributed by atoms with E-state index in [9.17, 15) is 13.2 Å². The van der Waals surface area contributed by atoms with E-state index in [-0.39, 0.29) is 6.54 Å². The molecule has 0 unspecified atom stereocenters. The molecule has 9 heteroatoms. The van der Waals surface area contributed by atoms with Crippen LogP contribution in [0.25, 0.3) is 0 Å². The first kappa shape index (κ1) is 18.7. The Morgan fingerprint density at radius 1 is 1.32 bits per heavy atom. The minimum Gasteiger partial charge on any atom is -0.385 e. The average molecular weight is 338 g/mol. The van der Waals surface area contributed by atoms with Crippen molar-refractivity contribution in [3.63, 3.8) is 0 Å². The zero-order valence-corrected chi connectivity index (χ0v) is 13.5. The van der Waals surface area contributed by atoms with Gasteiger partial charge in [-0.25, -0.2) is 4.98 Å². The number of aromatic nitrogens is 1. The van der Waals surface area contributed by atoms with Gasteiger partial charge >= 0.3 is 6.18 Å². The molecule has 5 nitrogen and oxygen atoms in total. The molecular weight excluding hydrogens is 317 g/mol. The van der Waals surface area contributed by atoms with E-state index in [2.05, 4.69) is 20.6 Å². The Morgan fingerprint density at radius 3 is 2.68 bits per heavy atom. The lowest BCUT2D eigenvalue weighted by molar-refractivity contribution is -0.140. The molecule has 1 aromatic rings. The van der Waals surface area contributed by atoms with Crippen molar-refractivity contribution >= 4 is 17.3 Å². The van der Waals surface area contributed by atoms with Crippen LogP contribution < -0.4 is 10.6 Å². The summed E-state index contributed by atoms with van der Waals surface area (Å²) in [5.41, 5.74) is -0.851. The molecule has 0 bridgehead atoms. The lowest BCUT2D eigenvalue weighted by Gasteiger charge is -2.10. The smallest absolute Gasteiger partial charge is 0.385 e. The van der Waals surface area contributed by atoms with Gasteiger partial charge in [-0.1, -0.05) is 0 Å². The first-order valence-electron chi connectivity index (χ1n) is 6.92. The summed E-state index contributed by atoms with van der Waals surface area (Å²) in [5, 5.41) is 7.44. The first-order chi connectivity index (χ1) is 10.5. The number of aliphatic imine (C=N–C) groups is 1. The quantitative estimate of drug-likeness (QED) is 0.435. The molecule has 0 atom stereocenters. The van der Waals surface area contributed by atoms with Crippen LogP contribution in [-0.2, 0) is 17.5 Å². The van der Waals surface area contributed by atoms with Crippen LogP contribution in [0.1, 0.15) is 30.0 Å². The second kappa shape index (κ2) is 9.62. The van der Waals surface area contributed by atoms with E-state index < -0.39 is 11.9 Å². The van der Waals surface area contributed by atoms with Crippen LogP contribution >= 0.6 is 11.3 Å². The fraction of sp³-hybridized carbons (Fsp3) is 0.692. The third kappa shape index (κ3) is 7.08. The Morgan fingerprint density at radius 2 is 2.09 bits per heavy atom. The van der Waals surface area contributed by atoms with Crippen LogP contribution in [0.3, 0.4) is 0 Å². The minimum atomic E-state index is -4.39. The van der Waals surface area contributed by atoms with Gasteiger partial charge in [-0.3, -0.25) is 4.99 Å². The second-order valence-electron chi connectivity index (χ2n) is 4.53. The Bertz CT molecular complexity index is 462. The number of halogens is 3. The zero-order chi connectivity index (χ0) is 16.4. The molecule has 0 amide bonds. The summed E-state index contributed by atoms with van der Waals surface area (Å²) < 4.78 is 42.3. The number of ether oxygens (including phenoxy) is 1. The third-order valence-electron chi connectivity index (χ3n) is 2.79. The highest BCUT2D eigenvalue weighted by Gasteiger charge is 2.33. The normalized spacial score (nSPS) is 12.5. The maximum atomic E-state index is 12.4. The largest absolute Gasteiger partial charge is 0.434 e. The molecule has 1 aromatic heterocycles. The molecule has 0 aliphatic heterocycles. The molecule has 0 saturated carbocycles. The molecule has 0 fully saturated rings. The molecule has 1 rings (SSSR count). The van der Waals surface area contributed by atoms with Gasteiger partial charge in [0.05, 0.1) is 6.54 Å². The average Bonchev–Trinajstić information content (AvgIpc) is 2.95. The number of rotatable bonds is 8. The highest BCUT2D eigenvalue weighted by molar-refractivity contribution is 7.09. The number of hydrogen-bond donors (Lipinski definition) is 2. The number of unbranched alkanes of at least 4 members (excludes halogenated alkanes) is 2. The van der Waals surface area contributed by atoms with E-state index in [1.807, 2.05) is 0 Å². The van der Waals surface area contributed by atoms with E-state index in [1.165, 1.54) is 0 Å². The van der Waals surface area contributed by atoms with Crippen molar-refractivity contribution in [3.05, 3.63) is 16.1 Å². The van der Waals surface area contributed by atoms with Crippen molar-refractivity contribution in [2.75, 3.05) is 27.3 Å². The molecule has 0 aliphatic carbocycles.